The Morgan fingerprint density at radius 3 is 2.60 bits per heavy atom. The zero-order valence-corrected chi connectivity index (χ0v) is 20.7. The summed E-state index contributed by atoms with van der Waals surface area (Å²) in [7, 11) is 1.71. The van der Waals surface area contributed by atoms with Gasteiger partial charge in [0.25, 0.3) is 5.91 Å². The molecule has 182 valence electrons. The van der Waals surface area contributed by atoms with Gasteiger partial charge in [-0.1, -0.05) is 11.3 Å². The summed E-state index contributed by atoms with van der Waals surface area (Å²) in [6.45, 7) is 7.31. The van der Waals surface area contributed by atoms with Crippen molar-refractivity contribution in [1.82, 2.24) is 20.1 Å². The van der Waals surface area contributed by atoms with Gasteiger partial charge in [-0.3, -0.25) is 14.3 Å². The Morgan fingerprint density at radius 2 is 1.89 bits per heavy atom. The van der Waals surface area contributed by atoms with E-state index in [1.165, 1.54) is 29.0 Å². The summed E-state index contributed by atoms with van der Waals surface area (Å²) in [5.74, 6) is -1.16. The van der Waals surface area contributed by atoms with E-state index in [1.807, 2.05) is 6.07 Å². The number of amides is 2. The second-order valence-corrected chi connectivity index (χ2v) is 10.0. The van der Waals surface area contributed by atoms with E-state index in [9.17, 15) is 14.0 Å². The van der Waals surface area contributed by atoms with Gasteiger partial charge >= 0.3 is 0 Å². The Kier molecular flexibility index (Phi) is 5.89. The molecule has 9 nitrogen and oxygen atoms in total. The van der Waals surface area contributed by atoms with Crippen LogP contribution in [-0.2, 0) is 11.8 Å². The van der Waals surface area contributed by atoms with Crippen molar-refractivity contribution < 1.29 is 14.0 Å². The molecule has 3 heterocycles. The average molecular weight is 496 g/mol. The van der Waals surface area contributed by atoms with Gasteiger partial charge in [-0.15, -0.1) is 0 Å². The van der Waals surface area contributed by atoms with Crippen LogP contribution in [0.3, 0.4) is 0 Å². The van der Waals surface area contributed by atoms with Crippen LogP contribution in [0.2, 0.25) is 0 Å². The van der Waals surface area contributed by atoms with Crippen molar-refractivity contribution in [3.8, 4) is 0 Å². The standard InChI is InChI=1S/C24H26FN7O2S/c1-12-9-32(10-13(2)26-12)19-6-5-17(21-22(19)35-24(29-21)27-14(3)33)23(34)28-16-7-15-11-31(4)30-20(15)18(25)8-16/h5-8,11-13,26H,9-10H2,1-4H3,(H,28,34)(H,27,29,33)/t12-,13-/m0/s1. The molecule has 0 radical (unpaired) electrons. The number of anilines is 3. The molecule has 0 saturated carbocycles. The normalized spacial score (nSPS) is 18.3. The Hall–Kier alpha value is -3.57. The molecule has 11 heteroatoms. The van der Waals surface area contributed by atoms with Crippen molar-refractivity contribution >= 4 is 60.8 Å². The lowest BCUT2D eigenvalue weighted by Crippen LogP contribution is -2.54. The maximum absolute atomic E-state index is 14.5. The minimum atomic E-state index is -0.512. The van der Waals surface area contributed by atoms with Crippen molar-refractivity contribution in [2.24, 2.45) is 7.05 Å². The number of hydrogen-bond acceptors (Lipinski definition) is 7. The molecular formula is C24H26FN7O2S. The van der Waals surface area contributed by atoms with Gasteiger partial charge in [0.1, 0.15) is 5.52 Å². The number of piperazine rings is 1. The van der Waals surface area contributed by atoms with Crippen LogP contribution in [0.25, 0.3) is 21.1 Å². The Balaban J connectivity index is 1.54. The minimum Gasteiger partial charge on any atom is -0.367 e. The third kappa shape index (κ3) is 4.56. The molecule has 2 aromatic heterocycles. The van der Waals surface area contributed by atoms with Crippen LogP contribution in [0.1, 0.15) is 31.1 Å². The first kappa shape index (κ1) is 23.2. The predicted octanol–water partition coefficient (Wildman–Crippen LogP) is 3.72. The second-order valence-electron chi connectivity index (χ2n) is 9.04. The number of carbonyl (C=O) groups excluding carboxylic acids is 2. The van der Waals surface area contributed by atoms with E-state index in [0.717, 1.165) is 23.5 Å². The number of benzene rings is 2. The molecule has 1 fully saturated rings. The van der Waals surface area contributed by atoms with E-state index in [1.54, 1.807) is 25.4 Å². The Morgan fingerprint density at radius 1 is 1.14 bits per heavy atom. The number of thiazole rings is 1. The molecule has 2 atom stereocenters. The fourth-order valence-electron chi connectivity index (χ4n) is 4.64. The highest BCUT2D eigenvalue weighted by Gasteiger charge is 2.26. The second kappa shape index (κ2) is 8.90. The lowest BCUT2D eigenvalue weighted by molar-refractivity contribution is -0.114. The van der Waals surface area contributed by atoms with E-state index in [-0.39, 0.29) is 11.4 Å². The van der Waals surface area contributed by atoms with E-state index < -0.39 is 11.7 Å². The molecule has 3 N–H and O–H groups in total. The van der Waals surface area contributed by atoms with Crippen molar-refractivity contribution in [3.63, 3.8) is 0 Å². The maximum atomic E-state index is 14.5. The zero-order valence-electron chi connectivity index (χ0n) is 19.8. The van der Waals surface area contributed by atoms with E-state index >= 15 is 0 Å². The number of rotatable bonds is 4. The number of nitrogens with zero attached hydrogens (tertiary/aromatic N) is 4. The summed E-state index contributed by atoms with van der Waals surface area (Å²) in [4.78, 5) is 31.8. The molecule has 1 saturated heterocycles. The van der Waals surface area contributed by atoms with E-state index in [2.05, 4.69) is 44.8 Å². The lowest BCUT2D eigenvalue weighted by Gasteiger charge is -2.37. The number of aromatic nitrogens is 3. The van der Waals surface area contributed by atoms with E-state index in [0.29, 0.717) is 39.4 Å². The third-order valence-electron chi connectivity index (χ3n) is 5.88. The molecule has 35 heavy (non-hydrogen) atoms. The van der Waals surface area contributed by atoms with Gasteiger partial charge < -0.3 is 20.9 Å². The fourth-order valence-corrected chi connectivity index (χ4v) is 5.71. The van der Waals surface area contributed by atoms with Crippen LogP contribution in [0.15, 0.2) is 30.5 Å². The molecule has 2 aromatic carbocycles. The summed E-state index contributed by atoms with van der Waals surface area (Å²) in [6, 6.07) is 7.20. The molecule has 0 spiro atoms. The molecule has 0 aliphatic carbocycles. The minimum absolute atomic E-state index is 0.235. The van der Waals surface area contributed by atoms with Crippen molar-refractivity contribution in [1.29, 1.82) is 0 Å². The van der Waals surface area contributed by atoms with E-state index in [4.69, 9.17) is 0 Å². The van der Waals surface area contributed by atoms with Gasteiger partial charge in [0.05, 0.1) is 21.5 Å². The van der Waals surface area contributed by atoms with Gasteiger partial charge in [-0.25, -0.2) is 9.37 Å². The number of nitrogens with one attached hydrogen (secondary N) is 3. The molecule has 1 aliphatic rings. The highest BCUT2D eigenvalue weighted by atomic mass is 32.1. The first-order valence-corrected chi connectivity index (χ1v) is 12.2. The number of aryl methyl sites for hydroxylation is 1. The zero-order chi connectivity index (χ0) is 24.9. The maximum Gasteiger partial charge on any atom is 0.257 e. The number of carbonyl (C=O) groups is 2. The average Bonchev–Trinajstić information content (AvgIpc) is 3.34. The largest absolute Gasteiger partial charge is 0.367 e. The number of fused-ring (bicyclic) bond motifs is 2. The quantitative estimate of drug-likeness (QED) is 0.399. The third-order valence-corrected chi connectivity index (χ3v) is 6.88. The van der Waals surface area contributed by atoms with Crippen LogP contribution >= 0.6 is 11.3 Å². The lowest BCUT2D eigenvalue weighted by atomic mass is 10.1. The first-order chi connectivity index (χ1) is 16.7. The predicted molar refractivity (Wildman–Crippen MR) is 137 cm³/mol. The van der Waals surface area contributed by atoms with Crippen LogP contribution in [-0.4, -0.2) is 51.8 Å². The van der Waals surface area contributed by atoms with Crippen molar-refractivity contribution in [2.45, 2.75) is 32.9 Å². The molecule has 2 amide bonds. The highest BCUT2D eigenvalue weighted by molar-refractivity contribution is 7.23. The molecule has 4 aromatic rings. The van der Waals surface area contributed by atoms with Gasteiger partial charge in [-0.05, 0) is 38.1 Å². The van der Waals surface area contributed by atoms with Gasteiger partial charge in [-0.2, -0.15) is 5.10 Å². The number of hydrogen-bond donors (Lipinski definition) is 3. The van der Waals surface area contributed by atoms with Crippen LogP contribution in [0.4, 0.5) is 20.9 Å². The van der Waals surface area contributed by atoms with Crippen molar-refractivity contribution in [3.05, 3.63) is 41.8 Å². The topological polar surface area (TPSA) is 104 Å². The Bertz CT molecular complexity index is 1450. The number of halogens is 1. The first-order valence-electron chi connectivity index (χ1n) is 11.3. The van der Waals surface area contributed by atoms with Crippen LogP contribution in [0, 0.1) is 5.82 Å². The summed E-state index contributed by atoms with van der Waals surface area (Å²) in [6.07, 6.45) is 1.69. The monoisotopic (exact) mass is 495 g/mol. The molecule has 0 bridgehead atoms. The van der Waals surface area contributed by atoms with Crippen LogP contribution < -0.4 is 20.9 Å². The summed E-state index contributed by atoms with van der Waals surface area (Å²) in [5, 5.41) is 14.2. The van der Waals surface area contributed by atoms with Crippen LogP contribution in [0.5, 0.6) is 0 Å². The van der Waals surface area contributed by atoms with Crippen molar-refractivity contribution in [2.75, 3.05) is 28.6 Å². The smallest absolute Gasteiger partial charge is 0.257 e. The molecule has 5 rings (SSSR count). The molecule has 1 aliphatic heterocycles. The summed E-state index contributed by atoms with van der Waals surface area (Å²) >= 11 is 1.34. The highest BCUT2D eigenvalue weighted by Crippen LogP contribution is 2.37. The summed E-state index contributed by atoms with van der Waals surface area (Å²) < 4.78 is 16.9. The molecule has 0 unspecified atom stereocenters. The molecular weight excluding hydrogens is 469 g/mol. The van der Waals surface area contributed by atoms with Gasteiger partial charge in [0.2, 0.25) is 5.91 Å². The Labute approximate surface area is 205 Å². The van der Waals surface area contributed by atoms with Gasteiger partial charge in [0, 0.05) is 56.4 Å². The SMILES string of the molecule is CC(=O)Nc1nc2c(C(=O)Nc3cc(F)c4nn(C)cc4c3)ccc(N3C[C@H](C)N[C@@H](C)C3)c2s1. The van der Waals surface area contributed by atoms with Gasteiger partial charge in [0.15, 0.2) is 10.9 Å². The summed E-state index contributed by atoms with van der Waals surface area (Å²) in [5.41, 5.74) is 2.38. The fraction of sp³-hybridized carbons (Fsp3) is 0.333.